The summed E-state index contributed by atoms with van der Waals surface area (Å²) in [5.74, 6) is -11.6. The van der Waals surface area contributed by atoms with E-state index in [0.29, 0.717) is 0 Å². The average molecular weight is 1680 g/mol. The molecule has 3 aliphatic heterocycles. The van der Waals surface area contributed by atoms with Gasteiger partial charge in [0, 0.05) is 175 Å². The van der Waals surface area contributed by atoms with Gasteiger partial charge in [-0.1, -0.05) is 6.92 Å². The fraction of sp³-hybridized carbons (Fsp3) is 0.760. The lowest BCUT2D eigenvalue weighted by Gasteiger charge is -2.44. The summed E-state index contributed by atoms with van der Waals surface area (Å²) in [7, 11) is 1.40. The maximum atomic E-state index is 14.5. The molecule has 3 heterocycles. The number of esters is 10. The van der Waals surface area contributed by atoms with Crippen molar-refractivity contribution in [3.63, 3.8) is 0 Å². The lowest BCUT2D eigenvalue weighted by atomic mass is 9.96. The van der Waals surface area contributed by atoms with Gasteiger partial charge in [0.1, 0.15) is 56.3 Å². The maximum Gasteiger partial charge on any atom is 0.307 e. The molecule has 42 nitrogen and oxygen atoms in total. The van der Waals surface area contributed by atoms with Crippen molar-refractivity contribution in [2.45, 2.75) is 284 Å². The molecule has 0 aromatic carbocycles. The minimum atomic E-state index is -1.39. The number of ether oxygens (including phenoxy) is 16. The number of amides is 8. The first-order valence-electron chi connectivity index (χ1n) is 38.9. The molecule has 8 amide bonds. The molecule has 0 aromatic rings. The Bertz CT molecular complexity index is 3330. The lowest BCUT2D eigenvalue weighted by molar-refractivity contribution is -0.277. The third-order valence-electron chi connectivity index (χ3n) is 17.6. The number of carbonyl (C=O) groups excluding carboxylic acids is 18. The van der Waals surface area contributed by atoms with Crippen LogP contribution < -0.4 is 31.9 Å². The van der Waals surface area contributed by atoms with Crippen LogP contribution in [0.4, 0.5) is 0 Å². The van der Waals surface area contributed by atoms with E-state index in [4.69, 9.17) is 75.8 Å². The topological polar surface area (TPSA) is 534 Å². The largest absolute Gasteiger partial charge is 0.463 e. The van der Waals surface area contributed by atoms with E-state index in [1.165, 1.54) is 37.6 Å². The highest BCUT2D eigenvalue weighted by Gasteiger charge is 2.54. The van der Waals surface area contributed by atoms with Crippen LogP contribution in [0.1, 0.15) is 186 Å². The SMILES string of the molecule is CCC(OC(=O)CCC(=O)NC)C(=O)N(CCCNC(=O)CCCCO[C@@H]1OC(COC(C)=O)[C@H](OC(C)=O)[C@H](OC(C)=O)C1NC(C)=O)CCCN(CCCNC(=O)CCCCO[C@@H]1OC(COC(C)=O)[C@H](OC(C)=O)[C@H](OC(C)=O)C1NC(C)=O)C(=O)CCCCO[C@@H]1OC(COC(C)=O)[C@H](OC(C)=O)[C@H](OC(C)=O)C1NC(C)=O. The molecule has 0 aromatic heterocycles. The maximum absolute atomic E-state index is 14.5. The first kappa shape index (κ1) is 101. The van der Waals surface area contributed by atoms with Gasteiger partial charge in [-0.15, -0.1) is 0 Å². The molecule has 0 aliphatic carbocycles. The van der Waals surface area contributed by atoms with Gasteiger partial charge in [0.05, 0.1) is 6.42 Å². The summed E-state index contributed by atoms with van der Waals surface area (Å²) in [5.41, 5.74) is 0. The van der Waals surface area contributed by atoms with Gasteiger partial charge in [0.2, 0.25) is 41.4 Å². The standard InChI is InChI=1S/C75H118N8O34/c1-15-54(114-62(100)29-28-58(96)76-14)72(101)83(33-23-31-78-60(98)26-17-20-37-103-74-64(80-43(3)85)70(112-52(12)94)67(109-49(9)91)56(116-74)40-106-46(6)88)35-24-34-82(61(99)27-18-21-38-104-75-65(81-44(4)86)71(113-53(13)95)68(110-50(10)92)57(117-75)41-107-47(7)89)32-22-30-77-59(97)25-16-19-36-102-73-63(79-42(2)84)69(111-51(11)93)66(108-48(8)90)55(115-73)39-105-45(5)87/h54-57,63-71,73-75H,15-41H2,1-14H3,(H,76,96)(H,77,97)(H,78,98)(H,79,84)(H,80,85)(H,81,86)/t54?,55?,56?,57?,63?,64?,65?,66-,67-,68-,69+,70+,71+,73+,74+,75+/m0/s1. The molecule has 3 aliphatic rings. The molecular weight excluding hydrogens is 1560 g/mol. The molecule has 16 atom stereocenters. The van der Waals surface area contributed by atoms with Gasteiger partial charge in [-0.05, 0) is 64.2 Å². The Labute approximate surface area is 678 Å². The van der Waals surface area contributed by atoms with Crippen molar-refractivity contribution in [2.24, 2.45) is 0 Å². The van der Waals surface area contributed by atoms with E-state index in [0.717, 1.165) is 62.3 Å². The van der Waals surface area contributed by atoms with E-state index in [2.05, 4.69) is 31.9 Å². The molecule has 6 N–H and O–H groups in total. The number of carbonyl (C=O) groups is 18. The Balaban J connectivity index is 1.83. The zero-order chi connectivity index (χ0) is 87.4. The number of unbranched alkanes of at least 4 members (excludes halogenated alkanes) is 3. The molecule has 3 saturated heterocycles. The van der Waals surface area contributed by atoms with Gasteiger partial charge < -0.3 is 117 Å². The predicted octanol–water partition coefficient (Wildman–Crippen LogP) is -0.577. The molecule has 3 rings (SSSR count). The van der Waals surface area contributed by atoms with Gasteiger partial charge in [-0.3, -0.25) is 86.3 Å². The Kier molecular flexibility index (Phi) is 47.0. The molecule has 7 unspecified atom stereocenters. The van der Waals surface area contributed by atoms with Crippen LogP contribution in [-0.2, 0) is 162 Å². The van der Waals surface area contributed by atoms with E-state index in [1.54, 1.807) is 6.92 Å². The minimum absolute atomic E-state index is 0.00386. The molecule has 0 saturated carbocycles. The fourth-order valence-corrected chi connectivity index (χ4v) is 12.6. The molecule has 0 spiro atoms. The quantitative estimate of drug-likeness (QED) is 0.0252. The Morgan fingerprint density at radius 3 is 0.983 bits per heavy atom. The zero-order valence-corrected chi connectivity index (χ0v) is 69.1. The third-order valence-corrected chi connectivity index (χ3v) is 17.6. The molecule has 0 radical (unpaired) electrons. The highest BCUT2D eigenvalue weighted by Crippen LogP contribution is 2.32. The third kappa shape index (κ3) is 39.8. The Morgan fingerprint density at radius 2 is 0.667 bits per heavy atom. The van der Waals surface area contributed by atoms with Crippen LogP contribution in [-0.4, -0.2) is 301 Å². The summed E-state index contributed by atoms with van der Waals surface area (Å²) in [4.78, 5) is 230. The minimum Gasteiger partial charge on any atom is -0.463 e. The van der Waals surface area contributed by atoms with Gasteiger partial charge >= 0.3 is 59.7 Å². The summed E-state index contributed by atoms with van der Waals surface area (Å²) < 4.78 is 90.4. The molecule has 42 heteroatoms. The van der Waals surface area contributed by atoms with Crippen molar-refractivity contribution in [3.8, 4) is 0 Å². The summed E-state index contributed by atoms with van der Waals surface area (Å²) >= 11 is 0. The van der Waals surface area contributed by atoms with E-state index in [-0.39, 0.29) is 173 Å². The Hall–Kier alpha value is -9.78. The van der Waals surface area contributed by atoms with Crippen LogP contribution in [0.3, 0.4) is 0 Å². The number of nitrogens with one attached hydrogen (secondary N) is 6. The second kappa shape index (κ2) is 54.3. The van der Waals surface area contributed by atoms with Crippen LogP contribution in [0.15, 0.2) is 0 Å². The van der Waals surface area contributed by atoms with Gasteiger partial charge in [0.25, 0.3) is 5.91 Å². The summed E-state index contributed by atoms with van der Waals surface area (Å²) in [5, 5.41) is 16.0. The smallest absolute Gasteiger partial charge is 0.307 e. The summed E-state index contributed by atoms with van der Waals surface area (Å²) in [6, 6.07) is -3.68. The van der Waals surface area contributed by atoms with E-state index < -0.39 is 207 Å². The molecule has 3 fully saturated rings. The van der Waals surface area contributed by atoms with Gasteiger partial charge in [-0.2, -0.15) is 0 Å². The average Bonchev–Trinajstić information content (AvgIpc) is 0.797. The Morgan fingerprint density at radius 1 is 0.350 bits per heavy atom. The van der Waals surface area contributed by atoms with Crippen LogP contribution in [0, 0.1) is 0 Å². The summed E-state index contributed by atoms with van der Waals surface area (Å²) in [6.45, 7) is 13.8. The normalized spacial score (nSPS) is 22.8. The van der Waals surface area contributed by atoms with Crippen LogP contribution in [0.2, 0.25) is 0 Å². The van der Waals surface area contributed by atoms with Crippen LogP contribution in [0.5, 0.6) is 0 Å². The van der Waals surface area contributed by atoms with Crippen molar-refractivity contribution in [1.29, 1.82) is 0 Å². The first-order valence-corrected chi connectivity index (χ1v) is 38.9. The number of hydrogen-bond donors (Lipinski definition) is 6. The monoisotopic (exact) mass is 1670 g/mol. The number of hydrogen-bond acceptors (Lipinski definition) is 34. The fourth-order valence-electron chi connectivity index (χ4n) is 12.6. The second-order valence-corrected chi connectivity index (χ2v) is 27.7. The van der Waals surface area contributed by atoms with Gasteiger partial charge in [-0.25, -0.2) is 0 Å². The van der Waals surface area contributed by atoms with E-state index in [1.807, 2.05) is 0 Å². The zero-order valence-electron chi connectivity index (χ0n) is 69.1. The van der Waals surface area contributed by atoms with Crippen molar-refractivity contribution >= 4 is 107 Å². The molecule has 0 bridgehead atoms. The van der Waals surface area contributed by atoms with Crippen molar-refractivity contribution in [3.05, 3.63) is 0 Å². The summed E-state index contributed by atoms with van der Waals surface area (Å²) in [6.07, 6.45) is -15.8. The van der Waals surface area contributed by atoms with Crippen molar-refractivity contribution < 1.29 is 162 Å². The van der Waals surface area contributed by atoms with E-state index in [9.17, 15) is 86.3 Å². The van der Waals surface area contributed by atoms with Crippen LogP contribution in [0.25, 0.3) is 0 Å². The van der Waals surface area contributed by atoms with Crippen LogP contribution >= 0.6 is 0 Å². The van der Waals surface area contributed by atoms with Crippen molar-refractivity contribution in [2.75, 3.05) is 86.0 Å². The van der Waals surface area contributed by atoms with Gasteiger partial charge in [0.15, 0.2) is 61.6 Å². The van der Waals surface area contributed by atoms with Crippen molar-refractivity contribution in [1.82, 2.24) is 41.7 Å². The highest BCUT2D eigenvalue weighted by molar-refractivity contribution is 5.86. The number of nitrogens with zero attached hydrogens (tertiary/aromatic N) is 2. The highest BCUT2D eigenvalue weighted by atomic mass is 16.7. The van der Waals surface area contributed by atoms with E-state index >= 15 is 0 Å². The predicted molar refractivity (Wildman–Crippen MR) is 398 cm³/mol. The molecule has 117 heavy (non-hydrogen) atoms. The first-order chi connectivity index (χ1) is 55.3. The number of rotatable bonds is 51. The molecule has 662 valence electrons. The second-order valence-electron chi connectivity index (χ2n) is 27.7. The lowest BCUT2D eigenvalue weighted by Crippen LogP contribution is -2.66. The molecular formula is C75H118N8O34.